The Morgan fingerprint density at radius 3 is 2.49 bits per heavy atom. The normalized spacial score (nSPS) is 11.5. The molecule has 0 fully saturated rings. The number of halogens is 2. The lowest BCUT2D eigenvalue weighted by Crippen LogP contribution is -2.34. The monoisotopic (exact) mass is 480 g/mol. The fourth-order valence-electron chi connectivity index (χ4n) is 3.43. The Morgan fingerprint density at radius 1 is 1.00 bits per heavy atom. The first kappa shape index (κ1) is 23.7. The fourth-order valence-corrected chi connectivity index (χ4v) is 3.43. The number of hydrogen-bond donors (Lipinski definition) is 2. The molecule has 4 rings (SSSR count). The molecule has 1 atom stereocenters. The number of aromatic nitrogens is 2. The van der Waals surface area contributed by atoms with Gasteiger partial charge < -0.3 is 24.6 Å². The Morgan fingerprint density at radius 2 is 1.77 bits per heavy atom. The van der Waals surface area contributed by atoms with Crippen LogP contribution in [0, 0.1) is 11.6 Å². The molecule has 10 heteroatoms. The molecule has 1 heterocycles. The molecular formula is C25H22F2N4O4. The van der Waals surface area contributed by atoms with Gasteiger partial charge in [-0.1, -0.05) is 35.5 Å². The van der Waals surface area contributed by atoms with Crippen LogP contribution in [-0.4, -0.2) is 30.4 Å². The topological polar surface area (TPSA) is 98.5 Å². The molecule has 8 nitrogen and oxygen atoms in total. The van der Waals surface area contributed by atoms with Crippen LogP contribution in [0.4, 0.5) is 19.3 Å². The first-order valence-corrected chi connectivity index (χ1v) is 10.6. The van der Waals surface area contributed by atoms with E-state index in [-0.39, 0.29) is 17.4 Å². The average Bonchev–Trinajstić information content (AvgIpc) is 3.36. The van der Waals surface area contributed by atoms with Gasteiger partial charge in [0.15, 0.2) is 11.5 Å². The molecule has 0 saturated carbocycles. The van der Waals surface area contributed by atoms with Crippen LogP contribution in [0.5, 0.6) is 11.5 Å². The molecule has 180 valence electrons. The van der Waals surface area contributed by atoms with Gasteiger partial charge in [0.05, 0.1) is 19.9 Å². The molecule has 4 aromatic rings. The number of carbonyl (C=O) groups is 1. The lowest BCUT2D eigenvalue weighted by atomic mass is 10.1. The maximum atomic E-state index is 14.0. The van der Waals surface area contributed by atoms with Crippen LogP contribution in [0.15, 0.2) is 71.3 Å². The highest BCUT2D eigenvalue weighted by Crippen LogP contribution is 2.31. The van der Waals surface area contributed by atoms with Gasteiger partial charge in [-0.05, 0) is 35.9 Å². The van der Waals surface area contributed by atoms with E-state index in [4.69, 9.17) is 14.0 Å². The van der Waals surface area contributed by atoms with Crippen molar-refractivity contribution in [2.45, 2.75) is 12.5 Å². The summed E-state index contributed by atoms with van der Waals surface area (Å²) in [5, 5.41) is 9.14. The minimum atomic E-state index is -0.895. The number of amides is 2. The van der Waals surface area contributed by atoms with E-state index in [0.29, 0.717) is 29.5 Å². The Hall–Kier alpha value is -4.47. The molecule has 0 aliphatic heterocycles. The summed E-state index contributed by atoms with van der Waals surface area (Å²) in [4.78, 5) is 17.1. The predicted octanol–water partition coefficient (Wildman–Crippen LogP) is 5.14. The van der Waals surface area contributed by atoms with Gasteiger partial charge in [0, 0.05) is 18.1 Å². The Labute approximate surface area is 199 Å². The van der Waals surface area contributed by atoms with E-state index in [9.17, 15) is 13.6 Å². The van der Waals surface area contributed by atoms with Crippen molar-refractivity contribution in [2.75, 3.05) is 19.5 Å². The predicted molar refractivity (Wildman–Crippen MR) is 124 cm³/mol. The van der Waals surface area contributed by atoms with E-state index in [0.717, 1.165) is 17.7 Å². The van der Waals surface area contributed by atoms with Gasteiger partial charge in [-0.25, -0.2) is 13.6 Å². The molecule has 0 saturated heterocycles. The highest BCUT2D eigenvalue weighted by Gasteiger charge is 2.23. The molecular weight excluding hydrogens is 458 g/mol. The lowest BCUT2D eigenvalue weighted by molar-refractivity contribution is 0.243. The van der Waals surface area contributed by atoms with Crippen molar-refractivity contribution in [3.63, 3.8) is 0 Å². The third-order valence-electron chi connectivity index (χ3n) is 5.15. The number of nitrogens with zero attached hydrogens (tertiary/aromatic N) is 2. The maximum Gasteiger partial charge on any atom is 0.319 e. The zero-order valence-electron chi connectivity index (χ0n) is 18.9. The fraction of sp³-hybridized carbons (Fsp3) is 0.160. The molecule has 2 N–H and O–H groups in total. The van der Waals surface area contributed by atoms with Crippen LogP contribution in [-0.2, 0) is 6.42 Å². The number of urea groups is 1. The van der Waals surface area contributed by atoms with Crippen LogP contribution in [0.2, 0.25) is 0 Å². The largest absolute Gasteiger partial charge is 0.493 e. The first-order chi connectivity index (χ1) is 17.0. The van der Waals surface area contributed by atoms with Crippen molar-refractivity contribution >= 4 is 11.7 Å². The van der Waals surface area contributed by atoms with Crippen LogP contribution >= 0.6 is 0 Å². The number of methoxy groups -OCH3 is 2. The summed E-state index contributed by atoms with van der Waals surface area (Å²) >= 11 is 0. The van der Waals surface area contributed by atoms with Gasteiger partial charge in [-0.2, -0.15) is 4.98 Å². The first-order valence-electron chi connectivity index (χ1n) is 10.6. The SMILES string of the molecule is COc1ccc(-c2noc(C(Cc3ccccc3)NC(=O)Nc3ccc(F)cc3F)n2)cc1OC. The molecule has 0 bridgehead atoms. The van der Waals surface area contributed by atoms with Gasteiger partial charge in [0.1, 0.15) is 17.7 Å². The second-order valence-corrected chi connectivity index (χ2v) is 7.49. The van der Waals surface area contributed by atoms with Gasteiger partial charge in [0.2, 0.25) is 11.7 Å². The van der Waals surface area contributed by atoms with E-state index in [2.05, 4.69) is 20.8 Å². The standard InChI is InChI=1S/C25H22F2N4O4/c1-33-21-11-8-16(13-22(21)34-2)23-30-24(35-31-23)20(12-15-6-4-3-5-7-15)29-25(32)28-19-10-9-17(26)14-18(19)27/h3-11,13-14,20H,12H2,1-2H3,(H2,28,29,32). The molecule has 0 aliphatic rings. The van der Waals surface area contributed by atoms with E-state index in [1.54, 1.807) is 18.2 Å². The van der Waals surface area contributed by atoms with Crippen molar-refractivity contribution in [2.24, 2.45) is 0 Å². The number of anilines is 1. The number of ether oxygens (including phenoxy) is 2. The minimum absolute atomic E-state index is 0.147. The van der Waals surface area contributed by atoms with Crippen molar-refractivity contribution in [3.8, 4) is 22.9 Å². The molecule has 0 aliphatic carbocycles. The number of rotatable bonds is 8. The molecule has 1 aromatic heterocycles. The minimum Gasteiger partial charge on any atom is -0.493 e. The molecule has 3 aromatic carbocycles. The van der Waals surface area contributed by atoms with Crippen LogP contribution < -0.4 is 20.1 Å². The third-order valence-corrected chi connectivity index (χ3v) is 5.15. The number of benzene rings is 3. The highest BCUT2D eigenvalue weighted by molar-refractivity contribution is 5.89. The highest BCUT2D eigenvalue weighted by atomic mass is 19.1. The zero-order chi connectivity index (χ0) is 24.8. The van der Waals surface area contributed by atoms with E-state index in [1.165, 1.54) is 14.2 Å². The van der Waals surface area contributed by atoms with Crippen molar-refractivity contribution in [1.29, 1.82) is 0 Å². The van der Waals surface area contributed by atoms with Gasteiger partial charge in [-0.15, -0.1) is 0 Å². The van der Waals surface area contributed by atoms with E-state index >= 15 is 0 Å². The summed E-state index contributed by atoms with van der Waals surface area (Å²) in [6.45, 7) is 0. The Balaban J connectivity index is 1.58. The van der Waals surface area contributed by atoms with E-state index < -0.39 is 23.7 Å². The summed E-state index contributed by atoms with van der Waals surface area (Å²) in [5.74, 6) is -0.166. The summed E-state index contributed by atoms with van der Waals surface area (Å²) in [7, 11) is 3.05. The Kier molecular flexibility index (Phi) is 7.20. The Bertz CT molecular complexity index is 1310. The lowest BCUT2D eigenvalue weighted by Gasteiger charge is -2.16. The number of nitrogens with one attached hydrogen (secondary N) is 2. The summed E-state index contributed by atoms with van der Waals surface area (Å²) in [5.41, 5.74) is 1.35. The van der Waals surface area contributed by atoms with Gasteiger partial charge >= 0.3 is 6.03 Å². The third kappa shape index (κ3) is 5.72. The summed E-state index contributed by atoms with van der Waals surface area (Å²) < 4.78 is 43.2. The van der Waals surface area contributed by atoms with Gasteiger partial charge in [0.25, 0.3) is 0 Å². The molecule has 0 spiro atoms. The molecule has 1 unspecified atom stereocenters. The average molecular weight is 480 g/mol. The van der Waals surface area contributed by atoms with Crippen LogP contribution in [0.1, 0.15) is 17.5 Å². The summed E-state index contributed by atoms with van der Waals surface area (Å²) in [6, 6.07) is 16.0. The second kappa shape index (κ2) is 10.6. The smallest absolute Gasteiger partial charge is 0.319 e. The molecule has 35 heavy (non-hydrogen) atoms. The molecule has 2 amide bonds. The number of carbonyl (C=O) groups excluding carboxylic acids is 1. The maximum absolute atomic E-state index is 14.0. The quantitative estimate of drug-likeness (QED) is 0.363. The summed E-state index contributed by atoms with van der Waals surface area (Å²) in [6.07, 6.45) is 0.327. The van der Waals surface area contributed by atoms with Crippen molar-refractivity contribution in [3.05, 3.63) is 89.8 Å². The van der Waals surface area contributed by atoms with Crippen molar-refractivity contribution in [1.82, 2.24) is 15.5 Å². The molecule has 0 radical (unpaired) electrons. The second-order valence-electron chi connectivity index (χ2n) is 7.49. The van der Waals surface area contributed by atoms with Crippen molar-refractivity contribution < 1.29 is 27.6 Å². The van der Waals surface area contributed by atoms with Crippen LogP contribution in [0.3, 0.4) is 0 Å². The zero-order valence-corrected chi connectivity index (χ0v) is 18.9. The van der Waals surface area contributed by atoms with E-state index in [1.807, 2.05) is 30.3 Å². The number of hydrogen-bond acceptors (Lipinski definition) is 6. The van der Waals surface area contributed by atoms with Gasteiger partial charge in [-0.3, -0.25) is 0 Å². The van der Waals surface area contributed by atoms with Crippen LogP contribution in [0.25, 0.3) is 11.4 Å².